The maximum absolute atomic E-state index is 8.38. The van der Waals surface area contributed by atoms with Crippen molar-refractivity contribution in [2.75, 3.05) is 6.61 Å². The summed E-state index contributed by atoms with van der Waals surface area (Å²) in [6, 6.07) is 0. The average molecular weight is 312 g/mol. The Balaban J connectivity index is -0.0000000273. The average Bonchev–Trinajstić information content (AvgIpc) is 1.94. The van der Waals surface area contributed by atoms with Crippen LogP contribution in [-0.2, 0) is 21.8 Å². The van der Waals surface area contributed by atoms with Gasteiger partial charge in [0.05, 0.1) is 0 Å². The van der Waals surface area contributed by atoms with E-state index in [1.54, 1.807) is 6.92 Å². The van der Waals surface area contributed by atoms with E-state index in [1.165, 1.54) is 6.42 Å². The zero-order valence-corrected chi connectivity index (χ0v) is 12.1. The number of aliphatic hydroxyl groups excluding tert-OH is 1. The van der Waals surface area contributed by atoms with E-state index in [-0.39, 0.29) is 48.8 Å². The molecular weight excluding hydrogens is 296 g/mol. The van der Waals surface area contributed by atoms with Crippen molar-refractivity contribution in [3.8, 4) is 0 Å². The molecule has 0 aliphatic rings. The van der Waals surface area contributed by atoms with Crippen LogP contribution in [0.2, 0.25) is 0 Å². The van der Waals surface area contributed by atoms with Gasteiger partial charge in [0.25, 0.3) is 0 Å². The van der Waals surface area contributed by atoms with Gasteiger partial charge in [-0.1, -0.05) is 13.3 Å². The first kappa shape index (κ1) is 22.5. The van der Waals surface area contributed by atoms with Crippen LogP contribution in [0, 0.1) is 6.92 Å². The van der Waals surface area contributed by atoms with Crippen molar-refractivity contribution in [2.45, 2.75) is 26.7 Å². The Hall–Kier alpha value is 1.11. The summed E-state index contributed by atoms with van der Waals surface area (Å²) in [5.41, 5.74) is 0. The zero-order chi connectivity index (χ0) is 8.12. The molecule has 0 aromatic rings. The third-order valence-electron chi connectivity index (χ3n) is 0.354. The molecule has 0 fully saturated rings. The van der Waals surface area contributed by atoms with Gasteiger partial charge in [0.2, 0.25) is 0 Å². The second kappa shape index (κ2) is 49.6. The molecule has 0 bridgehead atoms. The summed E-state index contributed by atoms with van der Waals surface area (Å²) in [6.07, 6.45) is 2.28. The van der Waals surface area contributed by atoms with Crippen LogP contribution in [0.25, 0.3) is 0 Å². The molecule has 1 N–H and O–H groups in total. The molecular formula is C6H16IO2Zn-. The van der Waals surface area contributed by atoms with Crippen LogP contribution in [0.1, 0.15) is 26.7 Å². The van der Waals surface area contributed by atoms with E-state index in [1.807, 2.05) is 0 Å². The van der Waals surface area contributed by atoms with E-state index < -0.39 is 0 Å². The van der Waals surface area contributed by atoms with Crippen molar-refractivity contribution >= 4 is 24.0 Å². The Morgan fingerprint density at radius 3 is 1.50 bits per heavy atom. The summed E-state index contributed by atoms with van der Waals surface area (Å²) in [5, 5.41) is 7.57. The van der Waals surface area contributed by atoms with Crippen molar-refractivity contribution in [1.29, 1.82) is 0 Å². The van der Waals surface area contributed by atoms with E-state index in [9.17, 15) is 0 Å². The molecule has 0 heterocycles. The van der Waals surface area contributed by atoms with Crippen molar-refractivity contribution in [3.63, 3.8) is 0 Å². The third-order valence-corrected chi connectivity index (χ3v) is 0.354. The van der Waals surface area contributed by atoms with Gasteiger partial charge in [-0.3, -0.25) is 0 Å². The normalized spacial score (nSPS) is 5.40. The van der Waals surface area contributed by atoms with E-state index >= 15 is 0 Å². The standard InChI is InChI=1S/C4H9.C2H6O.HI.O.Zn/c1-3-4-2;1-2-3;;;/h1,3-4H2,2H3;3H,2H2,1H3;1H;;/q-1;;;;. The number of rotatable bonds is 1. The SMILES string of the molecule is CCO.I.[CH2-]CCC.[O]=[Zn]. The Labute approximate surface area is 90.7 Å². The van der Waals surface area contributed by atoms with E-state index in [0.29, 0.717) is 0 Å². The molecule has 0 unspecified atom stereocenters. The summed E-state index contributed by atoms with van der Waals surface area (Å²) >= 11 is 0.125. The molecule has 0 radical (unpaired) electrons. The Morgan fingerprint density at radius 1 is 1.40 bits per heavy atom. The molecule has 0 aliphatic heterocycles. The molecule has 0 aliphatic carbocycles. The van der Waals surface area contributed by atoms with Gasteiger partial charge < -0.3 is 12.0 Å². The summed E-state index contributed by atoms with van der Waals surface area (Å²) in [7, 11) is 0. The molecule has 0 aromatic heterocycles. The van der Waals surface area contributed by atoms with Crippen LogP contribution < -0.4 is 0 Å². The molecule has 0 amide bonds. The number of hydrogen-bond donors (Lipinski definition) is 1. The molecule has 62 valence electrons. The first-order chi connectivity index (χ1) is 4.33. The van der Waals surface area contributed by atoms with Crippen LogP contribution in [0.5, 0.6) is 0 Å². The van der Waals surface area contributed by atoms with Gasteiger partial charge in [-0.05, 0) is 6.92 Å². The zero-order valence-electron chi connectivity index (χ0n) is 6.80. The van der Waals surface area contributed by atoms with E-state index in [0.717, 1.165) is 6.42 Å². The fourth-order valence-electron chi connectivity index (χ4n) is 0. The molecule has 0 rings (SSSR count). The monoisotopic (exact) mass is 311 g/mol. The van der Waals surface area contributed by atoms with Gasteiger partial charge in [0.1, 0.15) is 0 Å². The maximum atomic E-state index is 8.38. The Morgan fingerprint density at radius 2 is 1.50 bits per heavy atom. The van der Waals surface area contributed by atoms with Crippen LogP contribution >= 0.6 is 24.0 Å². The second-order valence-corrected chi connectivity index (χ2v) is 1.17. The fraction of sp³-hybridized carbons (Fsp3) is 0.833. The van der Waals surface area contributed by atoms with Gasteiger partial charge >= 0.3 is 21.8 Å². The molecule has 0 atom stereocenters. The summed E-state index contributed by atoms with van der Waals surface area (Å²) in [4.78, 5) is 0. The quantitative estimate of drug-likeness (QED) is 0.457. The number of aliphatic hydroxyl groups is 1. The van der Waals surface area contributed by atoms with E-state index in [4.69, 9.17) is 8.68 Å². The molecule has 4 heteroatoms. The molecule has 0 spiro atoms. The van der Waals surface area contributed by atoms with E-state index in [2.05, 4.69) is 13.8 Å². The molecule has 0 saturated carbocycles. The third kappa shape index (κ3) is 134. The molecule has 0 aromatic carbocycles. The van der Waals surface area contributed by atoms with Crippen LogP contribution in [0.3, 0.4) is 0 Å². The predicted molar refractivity (Wildman–Crippen MR) is 49.1 cm³/mol. The Bertz CT molecular complexity index is 29.7. The van der Waals surface area contributed by atoms with Gasteiger partial charge in [-0.2, -0.15) is 6.42 Å². The molecule has 2 nitrogen and oxygen atoms in total. The Kier molecular flexibility index (Phi) is 112. The molecule has 0 saturated heterocycles. The number of hydrogen-bond acceptors (Lipinski definition) is 2. The van der Waals surface area contributed by atoms with Gasteiger partial charge in [-0.25, -0.2) is 0 Å². The number of halogens is 1. The van der Waals surface area contributed by atoms with Crippen molar-refractivity contribution in [1.82, 2.24) is 0 Å². The summed E-state index contributed by atoms with van der Waals surface area (Å²) in [6.45, 7) is 7.65. The minimum atomic E-state index is 0. The predicted octanol–water partition coefficient (Wildman–Crippen LogP) is 2.12. The van der Waals surface area contributed by atoms with Gasteiger partial charge in [-0.15, -0.1) is 24.0 Å². The van der Waals surface area contributed by atoms with Crippen LogP contribution in [-0.4, -0.2) is 11.7 Å². The first-order valence-electron chi connectivity index (χ1n) is 3.02. The van der Waals surface area contributed by atoms with Gasteiger partial charge in [0.15, 0.2) is 0 Å². The van der Waals surface area contributed by atoms with Gasteiger partial charge in [0, 0.05) is 6.61 Å². The minimum absolute atomic E-state index is 0. The fourth-order valence-corrected chi connectivity index (χ4v) is 0. The van der Waals surface area contributed by atoms with Crippen molar-refractivity contribution in [2.24, 2.45) is 0 Å². The first-order valence-corrected chi connectivity index (χ1v) is 4.23. The molecule has 10 heavy (non-hydrogen) atoms. The van der Waals surface area contributed by atoms with Crippen LogP contribution in [0.15, 0.2) is 0 Å². The van der Waals surface area contributed by atoms with Crippen LogP contribution in [0.4, 0.5) is 0 Å². The number of unbranched alkanes of at least 4 members (excludes halogenated alkanes) is 1. The van der Waals surface area contributed by atoms with Crippen molar-refractivity contribution in [3.05, 3.63) is 6.92 Å². The topological polar surface area (TPSA) is 37.3 Å². The second-order valence-electron chi connectivity index (χ2n) is 1.17. The summed E-state index contributed by atoms with van der Waals surface area (Å²) in [5.74, 6) is 0. The van der Waals surface area contributed by atoms with Crippen molar-refractivity contribution < 1.29 is 26.9 Å². The summed E-state index contributed by atoms with van der Waals surface area (Å²) < 4.78 is 8.38.